The Morgan fingerprint density at radius 2 is 2.24 bits per heavy atom. The third kappa shape index (κ3) is 3.00. The summed E-state index contributed by atoms with van der Waals surface area (Å²) in [4.78, 5) is 13.7. The minimum Gasteiger partial charge on any atom is -0.496 e. The number of nitrogens with zero attached hydrogens (tertiary/aromatic N) is 1. The largest absolute Gasteiger partial charge is 0.496 e. The van der Waals surface area contributed by atoms with E-state index in [0.717, 1.165) is 35.2 Å². The lowest BCUT2D eigenvalue weighted by Gasteiger charge is -2.27. The second-order valence-corrected chi connectivity index (χ2v) is 5.14. The van der Waals surface area contributed by atoms with Crippen molar-refractivity contribution in [3.05, 3.63) is 28.2 Å². The van der Waals surface area contributed by atoms with E-state index in [-0.39, 0.29) is 5.91 Å². The van der Waals surface area contributed by atoms with Crippen molar-refractivity contribution in [1.29, 1.82) is 0 Å². The molecule has 0 saturated carbocycles. The van der Waals surface area contributed by atoms with Crippen molar-refractivity contribution in [3.63, 3.8) is 0 Å². The van der Waals surface area contributed by atoms with Crippen LogP contribution in [0.5, 0.6) is 5.75 Å². The fourth-order valence-electron chi connectivity index (χ4n) is 2.11. The third-order valence-corrected chi connectivity index (χ3v) is 3.52. The molecule has 0 spiro atoms. The van der Waals surface area contributed by atoms with Gasteiger partial charge in [-0.15, -0.1) is 0 Å². The summed E-state index contributed by atoms with van der Waals surface area (Å²) >= 11 is 3.45. The smallest absolute Gasteiger partial charge is 0.222 e. The van der Waals surface area contributed by atoms with Crippen LogP contribution in [0.1, 0.15) is 24.8 Å². The highest BCUT2D eigenvalue weighted by atomic mass is 79.9. The van der Waals surface area contributed by atoms with Crippen LogP contribution in [0, 0.1) is 0 Å². The van der Waals surface area contributed by atoms with Crippen LogP contribution in [0.4, 0.5) is 0 Å². The minimum absolute atomic E-state index is 0.248. The van der Waals surface area contributed by atoms with Crippen LogP contribution >= 0.6 is 15.9 Å². The van der Waals surface area contributed by atoms with Gasteiger partial charge in [0, 0.05) is 29.5 Å². The maximum Gasteiger partial charge on any atom is 0.222 e. The van der Waals surface area contributed by atoms with Gasteiger partial charge in [-0.25, -0.2) is 0 Å². The maximum absolute atomic E-state index is 11.8. The number of methoxy groups -OCH3 is 1. The second kappa shape index (κ2) is 5.54. The summed E-state index contributed by atoms with van der Waals surface area (Å²) in [5, 5.41) is 0. The average Bonchev–Trinajstić information content (AvgIpc) is 2.32. The van der Waals surface area contributed by atoms with E-state index < -0.39 is 0 Å². The monoisotopic (exact) mass is 297 g/mol. The number of benzene rings is 1. The van der Waals surface area contributed by atoms with E-state index in [9.17, 15) is 4.79 Å². The van der Waals surface area contributed by atoms with Crippen molar-refractivity contribution in [3.8, 4) is 5.75 Å². The molecule has 0 unspecified atom stereocenters. The van der Waals surface area contributed by atoms with Gasteiger partial charge in [0.2, 0.25) is 5.91 Å². The standard InChI is InChI=1S/C13H16BrNO2/c1-17-12-6-5-11(14)8-10(12)9-15-7-3-2-4-13(15)16/h5-6,8H,2-4,7,9H2,1H3. The van der Waals surface area contributed by atoms with Gasteiger partial charge in [0.05, 0.1) is 7.11 Å². The molecule has 1 aliphatic heterocycles. The molecule has 0 atom stereocenters. The summed E-state index contributed by atoms with van der Waals surface area (Å²) < 4.78 is 6.33. The number of hydrogen-bond donors (Lipinski definition) is 0. The average molecular weight is 298 g/mol. The number of amides is 1. The predicted molar refractivity (Wildman–Crippen MR) is 70.0 cm³/mol. The highest BCUT2D eigenvalue weighted by Gasteiger charge is 2.19. The lowest BCUT2D eigenvalue weighted by molar-refractivity contribution is -0.133. The fourth-order valence-corrected chi connectivity index (χ4v) is 2.51. The zero-order valence-electron chi connectivity index (χ0n) is 9.91. The summed E-state index contributed by atoms with van der Waals surface area (Å²) in [6, 6.07) is 5.88. The van der Waals surface area contributed by atoms with E-state index in [1.54, 1.807) is 7.11 Å². The van der Waals surface area contributed by atoms with Crippen molar-refractivity contribution >= 4 is 21.8 Å². The molecule has 1 amide bonds. The summed E-state index contributed by atoms with van der Waals surface area (Å²) in [5.74, 6) is 1.09. The molecule has 1 aromatic carbocycles. The van der Waals surface area contributed by atoms with Gasteiger partial charge in [0.1, 0.15) is 5.75 Å². The third-order valence-electron chi connectivity index (χ3n) is 3.03. The first-order valence-electron chi connectivity index (χ1n) is 5.81. The molecular weight excluding hydrogens is 282 g/mol. The van der Waals surface area contributed by atoms with Crippen LogP contribution in [0.3, 0.4) is 0 Å². The first kappa shape index (κ1) is 12.4. The summed E-state index contributed by atoms with van der Waals surface area (Å²) in [7, 11) is 1.66. The molecule has 2 rings (SSSR count). The minimum atomic E-state index is 0.248. The topological polar surface area (TPSA) is 29.5 Å². The Hall–Kier alpha value is -1.03. The van der Waals surface area contributed by atoms with Gasteiger partial charge in [-0.05, 0) is 31.0 Å². The Labute approximate surface area is 110 Å². The Morgan fingerprint density at radius 3 is 2.94 bits per heavy atom. The molecule has 1 saturated heterocycles. The number of likely N-dealkylation sites (tertiary alicyclic amines) is 1. The maximum atomic E-state index is 11.8. The summed E-state index contributed by atoms with van der Waals surface area (Å²) in [5.41, 5.74) is 1.05. The van der Waals surface area contributed by atoms with E-state index in [1.807, 2.05) is 23.1 Å². The molecular formula is C13H16BrNO2. The fraction of sp³-hybridized carbons (Fsp3) is 0.462. The number of rotatable bonds is 3. The van der Waals surface area contributed by atoms with Crippen molar-refractivity contribution in [2.75, 3.05) is 13.7 Å². The number of carbonyl (C=O) groups is 1. The van der Waals surface area contributed by atoms with Gasteiger partial charge in [-0.3, -0.25) is 4.79 Å². The van der Waals surface area contributed by atoms with Gasteiger partial charge in [-0.2, -0.15) is 0 Å². The molecule has 92 valence electrons. The predicted octanol–water partition coefficient (Wildman–Crippen LogP) is 2.97. The summed E-state index contributed by atoms with van der Waals surface area (Å²) in [6.45, 7) is 1.50. The molecule has 17 heavy (non-hydrogen) atoms. The van der Waals surface area contributed by atoms with Gasteiger partial charge >= 0.3 is 0 Å². The Bertz CT molecular complexity index is 420. The van der Waals surface area contributed by atoms with Gasteiger partial charge in [0.15, 0.2) is 0 Å². The number of ether oxygens (including phenoxy) is 1. The molecule has 1 heterocycles. The molecule has 0 aromatic heterocycles. The Kier molecular flexibility index (Phi) is 4.05. The molecule has 0 bridgehead atoms. The van der Waals surface area contributed by atoms with Gasteiger partial charge in [-0.1, -0.05) is 15.9 Å². The van der Waals surface area contributed by atoms with E-state index in [4.69, 9.17) is 4.74 Å². The van der Waals surface area contributed by atoms with E-state index in [0.29, 0.717) is 13.0 Å². The summed E-state index contributed by atoms with van der Waals surface area (Å²) in [6.07, 6.45) is 2.79. The van der Waals surface area contributed by atoms with Crippen molar-refractivity contribution in [1.82, 2.24) is 4.90 Å². The molecule has 1 fully saturated rings. The second-order valence-electron chi connectivity index (χ2n) is 4.23. The van der Waals surface area contributed by atoms with Gasteiger partial charge in [0.25, 0.3) is 0 Å². The van der Waals surface area contributed by atoms with E-state index in [1.165, 1.54) is 0 Å². The number of piperidine rings is 1. The molecule has 3 nitrogen and oxygen atoms in total. The highest BCUT2D eigenvalue weighted by Crippen LogP contribution is 2.25. The molecule has 0 N–H and O–H groups in total. The quantitative estimate of drug-likeness (QED) is 0.858. The highest BCUT2D eigenvalue weighted by molar-refractivity contribution is 9.10. The van der Waals surface area contributed by atoms with Gasteiger partial charge < -0.3 is 9.64 Å². The Balaban J connectivity index is 2.16. The Morgan fingerprint density at radius 1 is 1.41 bits per heavy atom. The lowest BCUT2D eigenvalue weighted by Crippen LogP contribution is -2.34. The lowest BCUT2D eigenvalue weighted by atomic mass is 10.1. The SMILES string of the molecule is COc1ccc(Br)cc1CN1CCCCC1=O. The molecule has 0 aliphatic carbocycles. The molecule has 1 aliphatic rings. The van der Waals surface area contributed by atoms with E-state index >= 15 is 0 Å². The number of halogens is 1. The van der Waals surface area contributed by atoms with Crippen LogP contribution in [0.2, 0.25) is 0 Å². The van der Waals surface area contributed by atoms with E-state index in [2.05, 4.69) is 15.9 Å². The van der Waals surface area contributed by atoms with Crippen LogP contribution in [-0.4, -0.2) is 24.5 Å². The van der Waals surface area contributed by atoms with Crippen LogP contribution in [0.25, 0.3) is 0 Å². The molecule has 1 aromatic rings. The van der Waals surface area contributed by atoms with Crippen LogP contribution in [0.15, 0.2) is 22.7 Å². The zero-order valence-corrected chi connectivity index (χ0v) is 11.5. The zero-order chi connectivity index (χ0) is 12.3. The van der Waals surface area contributed by atoms with Crippen molar-refractivity contribution < 1.29 is 9.53 Å². The van der Waals surface area contributed by atoms with Crippen LogP contribution < -0.4 is 4.74 Å². The number of hydrogen-bond acceptors (Lipinski definition) is 2. The number of carbonyl (C=O) groups excluding carboxylic acids is 1. The first-order chi connectivity index (χ1) is 8.20. The first-order valence-corrected chi connectivity index (χ1v) is 6.60. The van der Waals surface area contributed by atoms with Crippen LogP contribution in [-0.2, 0) is 11.3 Å². The van der Waals surface area contributed by atoms with Crippen molar-refractivity contribution in [2.45, 2.75) is 25.8 Å². The molecule has 0 radical (unpaired) electrons. The van der Waals surface area contributed by atoms with Crippen molar-refractivity contribution in [2.24, 2.45) is 0 Å². The normalized spacial score (nSPS) is 16.1. The molecule has 4 heteroatoms.